The largest absolute Gasteiger partial charge is 0.494 e. The number of anilines is 2. The molecule has 0 spiro atoms. The van der Waals surface area contributed by atoms with E-state index in [4.69, 9.17) is 4.74 Å². The molecule has 1 amide bonds. The Labute approximate surface area is 175 Å². The Morgan fingerprint density at radius 2 is 1.67 bits per heavy atom. The second-order valence-corrected chi connectivity index (χ2v) is 8.20. The summed E-state index contributed by atoms with van der Waals surface area (Å²) in [4.78, 5) is 19.8. The lowest BCUT2D eigenvalue weighted by Crippen LogP contribution is -2.15. The van der Waals surface area contributed by atoms with Crippen LogP contribution in [0.4, 0.5) is 11.6 Å². The van der Waals surface area contributed by atoms with Crippen molar-refractivity contribution in [3.63, 3.8) is 0 Å². The minimum Gasteiger partial charge on any atom is -0.494 e. The summed E-state index contributed by atoms with van der Waals surface area (Å²) in [7, 11) is -3.81. The van der Waals surface area contributed by atoms with Crippen molar-refractivity contribution in [3.8, 4) is 5.75 Å². The minimum atomic E-state index is -3.81. The second-order valence-electron chi connectivity index (χ2n) is 6.52. The maximum atomic E-state index is 12.4. The van der Waals surface area contributed by atoms with Crippen molar-refractivity contribution in [3.05, 3.63) is 72.6 Å². The van der Waals surface area contributed by atoms with Gasteiger partial charge in [0.25, 0.3) is 10.0 Å². The van der Waals surface area contributed by atoms with Gasteiger partial charge in [-0.05, 0) is 55.8 Å². The predicted octanol–water partition coefficient (Wildman–Crippen LogP) is 3.38. The van der Waals surface area contributed by atoms with E-state index in [1.165, 1.54) is 36.7 Å². The fraction of sp³-hybridized carbons (Fsp3) is 0.190. The molecule has 1 aromatic heterocycles. The van der Waals surface area contributed by atoms with E-state index in [9.17, 15) is 13.2 Å². The lowest BCUT2D eigenvalue weighted by atomic mass is 10.2. The molecule has 0 aliphatic rings. The fourth-order valence-electron chi connectivity index (χ4n) is 2.53. The first-order chi connectivity index (χ1) is 14.4. The Hall–Kier alpha value is -3.46. The molecule has 30 heavy (non-hydrogen) atoms. The molecule has 1 heterocycles. The maximum Gasteiger partial charge on any atom is 0.264 e. The smallest absolute Gasteiger partial charge is 0.264 e. The van der Waals surface area contributed by atoms with Crippen LogP contribution in [-0.2, 0) is 14.8 Å². The van der Waals surface area contributed by atoms with E-state index >= 15 is 0 Å². The molecule has 9 heteroatoms. The number of nitrogens with zero attached hydrogens (tertiary/aromatic N) is 2. The highest BCUT2D eigenvalue weighted by atomic mass is 32.2. The molecule has 0 aliphatic carbocycles. The van der Waals surface area contributed by atoms with Gasteiger partial charge in [-0.1, -0.05) is 17.7 Å². The first-order valence-electron chi connectivity index (χ1n) is 9.32. The number of sulfonamides is 1. The summed E-state index contributed by atoms with van der Waals surface area (Å²) in [5, 5.41) is 2.74. The molecular formula is C21H22N4O4S. The van der Waals surface area contributed by atoms with Gasteiger partial charge in [0.05, 0.1) is 11.5 Å². The van der Waals surface area contributed by atoms with Gasteiger partial charge < -0.3 is 10.1 Å². The number of amides is 1. The van der Waals surface area contributed by atoms with Crippen LogP contribution in [0.25, 0.3) is 0 Å². The summed E-state index contributed by atoms with van der Waals surface area (Å²) < 4.78 is 32.6. The van der Waals surface area contributed by atoms with E-state index in [0.717, 1.165) is 11.3 Å². The lowest BCUT2D eigenvalue weighted by molar-refractivity contribution is -0.116. The second kappa shape index (κ2) is 9.84. The van der Waals surface area contributed by atoms with Crippen LogP contribution in [0.1, 0.15) is 18.4 Å². The molecule has 156 valence electrons. The number of hydrogen-bond donors (Lipinski definition) is 2. The van der Waals surface area contributed by atoms with Crippen LogP contribution >= 0.6 is 0 Å². The summed E-state index contributed by atoms with van der Waals surface area (Å²) in [5.74, 6) is 0.587. The minimum absolute atomic E-state index is 0.0114. The molecule has 0 bridgehead atoms. The van der Waals surface area contributed by atoms with E-state index in [1.54, 1.807) is 6.07 Å². The number of aryl methyl sites for hydroxylation is 1. The Kier molecular flexibility index (Phi) is 6.97. The van der Waals surface area contributed by atoms with Crippen molar-refractivity contribution < 1.29 is 17.9 Å². The van der Waals surface area contributed by atoms with Gasteiger partial charge in [-0.15, -0.1) is 0 Å². The van der Waals surface area contributed by atoms with Gasteiger partial charge in [0.15, 0.2) is 0 Å². The molecule has 2 aromatic carbocycles. The Balaban J connectivity index is 1.46. The van der Waals surface area contributed by atoms with Gasteiger partial charge >= 0.3 is 0 Å². The summed E-state index contributed by atoms with van der Waals surface area (Å²) >= 11 is 0. The maximum absolute atomic E-state index is 12.4. The number of carbonyl (C=O) groups is 1. The number of rotatable bonds is 9. The highest BCUT2D eigenvalue weighted by molar-refractivity contribution is 7.92. The highest BCUT2D eigenvalue weighted by Crippen LogP contribution is 2.17. The average molecular weight is 426 g/mol. The molecule has 0 atom stereocenters. The van der Waals surface area contributed by atoms with Crippen LogP contribution in [0.15, 0.2) is 71.9 Å². The van der Waals surface area contributed by atoms with Crippen LogP contribution in [0.3, 0.4) is 0 Å². The average Bonchev–Trinajstić information content (AvgIpc) is 2.73. The molecule has 3 aromatic rings. The standard InChI is InChI=1S/C21H22N4O4S/c1-16-5-9-18(10-6-16)29-15-2-4-20(26)24-17-7-11-19(12-8-17)30(27,28)25-21-22-13-3-14-23-21/h3,5-14H,2,4,15H2,1H3,(H,24,26)(H,22,23,25). The third-order valence-corrected chi connectivity index (χ3v) is 5.42. The van der Waals surface area contributed by atoms with Gasteiger partial charge in [-0.2, -0.15) is 0 Å². The van der Waals surface area contributed by atoms with Crippen LogP contribution in [0.5, 0.6) is 5.75 Å². The van der Waals surface area contributed by atoms with E-state index in [0.29, 0.717) is 25.1 Å². The first kappa shape index (κ1) is 21.3. The van der Waals surface area contributed by atoms with E-state index in [-0.39, 0.29) is 16.8 Å². The van der Waals surface area contributed by atoms with Gasteiger partial charge in [-0.3, -0.25) is 4.79 Å². The highest BCUT2D eigenvalue weighted by Gasteiger charge is 2.15. The zero-order chi connectivity index (χ0) is 21.4. The number of ether oxygens (including phenoxy) is 1. The van der Waals surface area contributed by atoms with Crippen molar-refractivity contribution in [1.82, 2.24) is 9.97 Å². The van der Waals surface area contributed by atoms with Crippen molar-refractivity contribution in [2.45, 2.75) is 24.7 Å². The molecule has 2 N–H and O–H groups in total. The third kappa shape index (κ3) is 6.28. The van der Waals surface area contributed by atoms with Crippen molar-refractivity contribution in [1.29, 1.82) is 0 Å². The number of nitrogens with one attached hydrogen (secondary N) is 2. The van der Waals surface area contributed by atoms with E-state index < -0.39 is 10.0 Å². The Bertz CT molecular complexity index is 1070. The summed E-state index contributed by atoms with van der Waals surface area (Å²) in [6.45, 7) is 2.44. The molecule has 0 saturated carbocycles. The number of hydrogen-bond acceptors (Lipinski definition) is 6. The van der Waals surface area contributed by atoms with Gasteiger partial charge in [0.2, 0.25) is 11.9 Å². The normalized spacial score (nSPS) is 11.0. The summed E-state index contributed by atoms with van der Waals surface area (Å²) in [5.41, 5.74) is 1.67. The van der Waals surface area contributed by atoms with E-state index in [2.05, 4.69) is 20.0 Å². The third-order valence-electron chi connectivity index (χ3n) is 4.08. The molecule has 0 unspecified atom stereocenters. The Morgan fingerprint density at radius 1 is 1.00 bits per heavy atom. The zero-order valence-corrected chi connectivity index (χ0v) is 17.2. The summed E-state index contributed by atoms with van der Waals surface area (Å²) in [6, 6.07) is 15.2. The van der Waals surface area contributed by atoms with Gasteiger partial charge in [0, 0.05) is 24.5 Å². The molecule has 0 fully saturated rings. The van der Waals surface area contributed by atoms with Crippen molar-refractivity contribution in [2.24, 2.45) is 0 Å². The predicted molar refractivity (Wildman–Crippen MR) is 114 cm³/mol. The Morgan fingerprint density at radius 3 is 2.33 bits per heavy atom. The van der Waals surface area contributed by atoms with Gasteiger partial charge in [0.1, 0.15) is 5.75 Å². The molecule has 0 aliphatic heterocycles. The molecular weight excluding hydrogens is 404 g/mol. The van der Waals surface area contributed by atoms with Crippen molar-refractivity contribution >= 4 is 27.6 Å². The molecule has 8 nitrogen and oxygen atoms in total. The topological polar surface area (TPSA) is 110 Å². The lowest BCUT2D eigenvalue weighted by Gasteiger charge is -2.09. The van der Waals surface area contributed by atoms with Crippen molar-refractivity contribution in [2.75, 3.05) is 16.6 Å². The quantitative estimate of drug-likeness (QED) is 0.508. The summed E-state index contributed by atoms with van der Waals surface area (Å²) in [6.07, 6.45) is 3.73. The fourth-order valence-corrected chi connectivity index (χ4v) is 3.49. The van der Waals surface area contributed by atoms with Crippen LogP contribution in [0.2, 0.25) is 0 Å². The van der Waals surface area contributed by atoms with E-state index in [1.807, 2.05) is 31.2 Å². The number of carbonyl (C=O) groups excluding carboxylic acids is 1. The van der Waals surface area contributed by atoms with Crippen LogP contribution < -0.4 is 14.8 Å². The zero-order valence-electron chi connectivity index (χ0n) is 16.4. The first-order valence-corrected chi connectivity index (χ1v) is 10.8. The monoisotopic (exact) mass is 426 g/mol. The molecule has 0 radical (unpaired) electrons. The molecule has 0 saturated heterocycles. The molecule has 3 rings (SSSR count). The number of benzene rings is 2. The van der Waals surface area contributed by atoms with Crippen LogP contribution in [0, 0.1) is 6.92 Å². The van der Waals surface area contributed by atoms with Crippen LogP contribution in [-0.4, -0.2) is 30.9 Å². The number of aromatic nitrogens is 2. The SMILES string of the molecule is Cc1ccc(OCCCC(=O)Nc2ccc(S(=O)(=O)Nc3ncccn3)cc2)cc1. The van der Waals surface area contributed by atoms with Gasteiger partial charge in [-0.25, -0.2) is 23.1 Å².